The summed E-state index contributed by atoms with van der Waals surface area (Å²) in [5, 5.41) is 34.4. The molecule has 2 aromatic heterocycles. The molecular formula is C46H57N7O5Si. The molecule has 6 aromatic rings. The number of phenolic OH excluding ortho intramolecular Hbond substituents is 1. The maximum Gasteiger partial charge on any atom is 0.412 e. The van der Waals surface area contributed by atoms with Gasteiger partial charge in [0.1, 0.15) is 11.3 Å². The maximum absolute atomic E-state index is 12.8. The summed E-state index contributed by atoms with van der Waals surface area (Å²) in [4.78, 5) is 29.3. The van der Waals surface area contributed by atoms with Crippen LogP contribution >= 0.6 is 0 Å². The van der Waals surface area contributed by atoms with Gasteiger partial charge >= 0.3 is 6.09 Å². The van der Waals surface area contributed by atoms with Crippen molar-refractivity contribution in [1.82, 2.24) is 25.3 Å². The van der Waals surface area contributed by atoms with Gasteiger partial charge in [-0.15, -0.1) is 5.10 Å². The minimum atomic E-state index is -2.22. The lowest BCUT2D eigenvalue weighted by atomic mass is 9.89. The van der Waals surface area contributed by atoms with Gasteiger partial charge in [0.2, 0.25) is 5.56 Å². The lowest BCUT2D eigenvalue weighted by Crippen LogP contribution is -2.44. The minimum Gasteiger partial charge on any atom is -0.506 e. The normalized spacial score (nSPS) is 16.7. The molecule has 1 saturated carbocycles. The molecule has 1 aliphatic carbocycles. The molecule has 0 aliphatic heterocycles. The van der Waals surface area contributed by atoms with Gasteiger partial charge in [0.15, 0.2) is 8.32 Å². The van der Waals surface area contributed by atoms with Gasteiger partial charge in [0.05, 0.1) is 22.8 Å². The molecule has 1 atom stereocenters. The average Bonchev–Trinajstić information content (AvgIpc) is 3.60. The van der Waals surface area contributed by atoms with E-state index >= 15 is 0 Å². The van der Waals surface area contributed by atoms with Crippen molar-refractivity contribution in [1.29, 1.82) is 0 Å². The Hall–Kier alpha value is -5.34. The Morgan fingerprint density at radius 3 is 2.47 bits per heavy atom. The van der Waals surface area contributed by atoms with E-state index < -0.39 is 14.4 Å². The third kappa shape index (κ3) is 9.44. The van der Waals surface area contributed by atoms with E-state index in [0.717, 1.165) is 88.4 Å². The topological polar surface area (TPSA) is 172 Å². The highest BCUT2D eigenvalue weighted by atomic mass is 28.4. The number of aromatic nitrogens is 4. The Morgan fingerprint density at radius 1 is 1.00 bits per heavy atom. The van der Waals surface area contributed by atoms with E-state index in [9.17, 15) is 19.8 Å². The molecule has 6 N–H and O–H groups in total. The number of hydrogen-bond donors (Lipinski definition) is 5. The van der Waals surface area contributed by atoms with Crippen LogP contribution in [0.25, 0.3) is 33.1 Å². The van der Waals surface area contributed by atoms with Gasteiger partial charge in [-0.3, -0.25) is 9.69 Å². The van der Waals surface area contributed by atoms with Gasteiger partial charge in [0, 0.05) is 48.7 Å². The number of amides is 1. The number of hydrogen-bond acceptors (Lipinski definition) is 8. The molecule has 0 spiro atoms. The second kappa shape index (κ2) is 17.5. The predicted octanol–water partition coefficient (Wildman–Crippen LogP) is 8.89. The zero-order valence-electron chi connectivity index (χ0n) is 34.7. The molecular weight excluding hydrogens is 759 g/mol. The van der Waals surface area contributed by atoms with Crippen molar-refractivity contribution in [2.45, 2.75) is 109 Å². The highest BCUT2D eigenvalue weighted by Crippen LogP contribution is 2.41. The Labute approximate surface area is 346 Å². The number of rotatable bonds is 14. The smallest absolute Gasteiger partial charge is 0.412 e. The standard InChI is InChI=1S/C46H57N7O5Si/c1-46(2,3)59(4,5)58-42(36-20-23-41(54)44-37(36)21-24-43(55)49-44)29-48-28-31-14-22-39-38(26-31)50-51-52(39)25-9-10-30-13-19-35(32-11-7-6-8-12-32)40(27-30)53(45(56)57)34-17-15-33(47)16-18-34/h6-8,11-14,19-24,26-27,33-34,42,48,54H,9-10,15-18,25,28-29,47H2,1-5H3,(H,49,55)(H,56,57)/t33-,34-,42-/m0/s1. The van der Waals surface area contributed by atoms with Crippen LogP contribution in [-0.2, 0) is 23.9 Å². The second-order valence-electron chi connectivity index (χ2n) is 17.5. The molecule has 1 amide bonds. The van der Waals surface area contributed by atoms with Crippen molar-refractivity contribution >= 4 is 42.0 Å². The first kappa shape index (κ1) is 41.8. The number of anilines is 1. The van der Waals surface area contributed by atoms with Crippen LogP contribution in [0.4, 0.5) is 10.5 Å². The zero-order chi connectivity index (χ0) is 41.9. The largest absolute Gasteiger partial charge is 0.506 e. The van der Waals surface area contributed by atoms with E-state index in [0.29, 0.717) is 25.2 Å². The number of phenols is 1. The number of pyridine rings is 1. The summed E-state index contributed by atoms with van der Waals surface area (Å²) < 4.78 is 8.91. The molecule has 0 bridgehead atoms. The number of carbonyl (C=O) groups is 1. The summed E-state index contributed by atoms with van der Waals surface area (Å²) in [6, 6.07) is 29.2. The summed E-state index contributed by atoms with van der Waals surface area (Å²) in [6.45, 7) is 12.8. The molecule has 4 aromatic carbocycles. The first-order valence-electron chi connectivity index (χ1n) is 20.7. The van der Waals surface area contributed by atoms with Crippen molar-refractivity contribution in [3.05, 3.63) is 118 Å². The predicted molar refractivity (Wildman–Crippen MR) is 237 cm³/mol. The molecule has 0 unspecified atom stereocenters. The van der Waals surface area contributed by atoms with E-state index in [1.807, 2.05) is 41.1 Å². The van der Waals surface area contributed by atoms with Crippen LogP contribution in [0.1, 0.15) is 75.7 Å². The van der Waals surface area contributed by atoms with Crippen molar-refractivity contribution in [2.75, 3.05) is 11.4 Å². The molecule has 12 nitrogen and oxygen atoms in total. The Morgan fingerprint density at radius 2 is 1.75 bits per heavy atom. The number of nitrogens with two attached hydrogens (primary N) is 1. The molecule has 1 aliphatic rings. The van der Waals surface area contributed by atoms with Gasteiger partial charge in [0.25, 0.3) is 0 Å². The van der Waals surface area contributed by atoms with E-state index in [1.165, 1.54) is 6.07 Å². The SMILES string of the molecule is CC(C)(C)[Si](C)(C)O[C@@H](CNCc1ccc2c(c1)nnn2CCCc1ccc(-c2ccccc2)c(N(C(=O)O)[C@H]2CC[C@H](N)CC2)c1)c1ccc(O)c2[nH]c(=O)ccc12. The highest BCUT2D eigenvalue weighted by Gasteiger charge is 2.40. The van der Waals surface area contributed by atoms with Gasteiger partial charge in [-0.2, -0.15) is 0 Å². The molecule has 310 valence electrons. The number of carboxylic acid groups (broad SMARTS) is 1. The van der Waals surface area contributed by atoms with Crippen molar-refractivity contribution < 1.29 is 19.4 Å². The Balaban J connectivity index is 1.04. The van der Waals surface area contributed by atoms with Crippen molar-refractivity contribution in [3.8, 4) is 16.9 Å². The molecule has 59 heavy (non-hydrogen) atoms. The Bertz CT molecular complexity index is 2470. The number of aromatic amines is 1. The van der Waals surface area contributed by atoms with Crippen molar-refractivity contribution in [3.63, 3.8) is 0 Å². The Kier molecular flexibility index (Phi) is 12.4. The minimum absolute atomic E-state index is 0.0231. The zero-order valence-corrected chi connectivity index (χ0v) is 35.7. The molecule has 13 heteroatoms. The first-order chi connectivity index (χ1) is 28.2. The summed E-state index contributed by atoms with van der Waals surface area (Å²) in [5.41, 5.74) is 13.7. The van der Waals surface area contributed by atoms with Crippen molar-refractivity contribution in [2.24, 2.45) is 5.73 Å². The average molecular weight is 816 g/mol. The monoisotopic (exact) mass is 815 g/mol. The van der Waals surface area contributed by atoms with E-state index in [4.69, 9.17) is 10.2 Å². The van der Waals surface area contributed by atoms with Gasteiger partial charge in [-0.1, -0.05) is 80.6 Å². The first-order valence-corrected chi connectivity index (χ1v) is 23.6. The van der Waals surface area contributed by atoms with E-state index in [-0.39, 0.29) is 34.5 Å². The number of benzene rings is 4. The van der Waals surface area contributed by atoms with Crippen LogP contribution in [0.15, 0.2) is 95.8 Å². The van der Waals surface area contributed by atoms with Crippen LogP contribution in [0.3, 0.4) is 0 Å². The highest BCUT2D eigenvalue weighted by molar-refractivity contribution is 6.74. The lowest BCUT2D eigenvalue weighted by molar-refractivity contribution is 0.181. The number of nitrogens with one attached hydrogen (secondary N) is 2. The number of H-pyrrole nitrogens is 1. The summed E-state index contributed by atoms with van der Waals surface area (Å²) in [5.74, 6) is 0.0247. The summed E-state index contributed by atoms with van der Waals surface area (Å²) in [6.07, 6.45) is 3.41. The molecule has 7 rings (SSSR count). The van der Waals surface area contributed by atoms with Gasteiger partial charge in [-0.25, -0.2) is 9.48 Å². The number of nitrogens with zero attached hydrogens (tertiary/aromatic N) is 4. The fourth-order valence-corrected chi connectivity index (χ4v) is 9.25. The number of aryl methyl sites for hydroxylation is 2. The molecule has 1 fully saturated rings. The van der Waals surface area contributed by atoms with Crippen LogP contribution < -0.4 is 21.5 Å². The van der Waals surface area contributed by atoms with Crippen LogP contribution in [0, 0.1) is 0 Å². The molecule has 2 heterocycles. The second-order valence-corrected chi connectivity index (χ2v) is 22.2. The maximum atomic E-state index is 12.8. The van der Waals surface area contributed by atoms with Gasteiger partial charge in [-0.05, 0) is 109 Å². The van der Waals surface area contributed by atoms with Gasteiger partial charge < -0.3 is 30.7 Å². The third-order valence-electron chi connectivity index (χ3n) is 12.3. The summed E-state index contributed by atoms with van der Waals surface area (Å²) >= 11 is 0. The van der Waals surface area contributed by atoms with E-state index in [1.54, 1.807) is 17.0 Å². The number of aromatic hydroxyl groups is 1. The lowest BCUT2D eigenvalue weighted by Gasteiger charge is -2.39. The van der Waals surface area contributed by atoms with Crippen LogP contribution in [0.5, 0.6) is 5.75 Å². The summed E-state index contributed by atoms with van der Waals surface area (Å²) in [7, 11) is -2.22. The quantitative estimate of drug-likeness (QED) is 0.0674. The third-order valence-corrected chi connectivity index (χ3v) is 16.8. The molecule has 0 radical (unpaired) electrons. The fraction of sp³-hybridized carbons (Fsp3) is 0.391. The van der Waals surface area contributed by atoms with E-state index in [2.05, 4.69) is 90.9 Å². The fourth-order valence-electron chi connectivity index (χ4n) is 7.97. The number of fused-ring (bicyclic) bond motifs is 2. The molecule has 0 saturated heterocycles. The van der Waals surface area contributed by atoms with Crippen LogP contribution in [-0.4, -0.2) is 63.2 Å². The van der Waals surface area contributed by atoms with Crippen LogP contribution in [0.2, 0.25) is 18.1 Å².